The van der Waals surface area contributed by atoms with Gasteiger partial charge >= 0.3 is 0 Å². The summed E-state index contributed by atoms with van der Waals surface area (Å²) >= 11 is 0. The van der Waals surface area contributed by atoms with Crippen molar-refractivity contribution in [1.82, 2.24) is 4.98 Å². The summed E-state index contributed by atoms with van der Waals surface area (Å²) in [5.41, 5.74) is 5.73. The lowest BCUT2D eigenvalue weighted by Crippen LogP contribution is -2.29. The minimum Gasteiger partial charge on any atom is -0.369 e. The van der Waals surface area contributed by atoms with Crippen molar-refractivity contribution >= 4 is 28.5 Å². The largest absolute Gasteiger partial charge is 0.369 e. The highest BCUT2D eigenvalue weighted by molar-refractivity contribution is 6.00. The van der Waals surface area contributed by atoms with Gasteiger partial charge in [0.15, 0.2) is 5.43 Å². The molecule has 1 atom stereocenters. The normalized spacial score (nSPS) is 18.7. The van der Waals surface area contributed by atoms with E-state index in [4.69, 9.17) is 5.73 Å². The molecule has 2 aromatic rings. The van der Waals surface area contributed by atoms with Gasteiger partial charge in [-0.05, 0) is 12.1 Å². The minimum atomic E-state index is -0.502. The van der Waals surface area contributed by atoms with Gasteiger partial charge in [-0.25, -0.2) is 0 Å². The number of benzene rings is 1. The van der Waals surface area contributed by atoms with Gasteiger partial charge in [0, 0.05) is 24.4 Å². The van der Waals surface area contributed by atoms with Crippen LogP contribution in [-0.2, 0) is 9.59 Å². The van der Waals surface area contributed by atoms with Crippen molar-refractivity contribution in [3.63, 3.8) is 0 Å². The molecule has 1 saturated heterocycles. The Bertz CT molecular complexity index is 766. The molecule has 1 aromatic carbocycles. The van der Waals surface area contributed by atoms with E-state index in [0.29, 0.717) is 16.7 Å². The number of carbonyl (C=O) groups is 2. The molecule has 2 heterocycles. The van der Waals surface area contributed by atoms with Crippen LogP contribution in [0, 0.1) is 5.92 Å². The molecule has 20 heavy (non-hydrogen) atoms. The molecule has 0 bridgehead atoms. The maximum absolute atomic E-state index is 12.0. The van der Waals surface area contributed by atoms with E-state index < -0.39 is 11.8 Å². The second-order valence-electron chi connectivity index (χ2n) is 4.87. The molecule has 0 aliphatic carbocycles. The van der Waals surface area contributed by atoms with Gasteiger partial charge in [0.25, 0.3) is 0 Å². The Morgan fingerprint density at radius 1 is 1.30 bits per heavy atom. The number of nitrogens with zero attached hydrogens (tertiary/aromatic N) is 1. The SMILES string of the molecule is NC(=O)C1CC(=O)N(c2cc(=O)c3ccccc3[nH]2)C1. The molecular formula is C14H13N3O3. The molecule has 0 radical (unpaired) electrons. The second kappa shape index (κ2) is 4.48. The Morgan fingerprint density at radius 2 is 2.05 bits per heavy atom. The Hall–Kier alpha value is -2.63. The molecule has 102 valence electrons. The monoisotopic (exact) mass is 271 g/mol. The van der Waals surface area contributed by atoms with Crippen molar-refractivity contribution in [3.8, 4) is 0 Å². The van der Waals surface area contributed by atoms with Crippen LogP contribution in [0.1, 0.15) is 6.42 Å². The van der Waals surface area contributed by atoms with Crippen molar-refractivity contribution in [3.05, 3.63) is 40.6 Å². The Balaban J connectivity index is 2.05. The average molecular weight is 271 g/mol. The van der Waals surface area contributed by atoms with Gasteiger partial charge in [-0.3, -0.25) is 19.3 Å². The van der Waals surface area contributed by atoms with Gasteiger partial charge in [-0.15, -0.1) is 0 Å². The molecular weight excluding hydrogens is 258 g/mol. The van der Waals surface area contributed by atoms with Crippen molar-refractivity contribution in [2.24, 2.45) is 11.7 Å². The Kier molecular flexibility index (Phi) is 2.78. The number of pyridine rings is 1. The quantitative estimate of drug-likeness (QED) is 0.825. The van der Waals surface area contributed by atoms with Gasteiger partial charge in [0.05, 0.1) is 11.4 Å². The number of carbonyl (C=O) groups excluding carboxylic acids is 2. The summed E-state index contributed by atoms with van der Waals surface area (Å²) in [5, 5.41) is 0.564. The van der Waals surface area contributed by atoms with E-state index in [1.807, 2.05) is 0 Å². The van der Waals surface area contributed by atoms with E-state index >= 15 is 0 Å². The van der Waals surface area contributed by atoms with Crippen LogP contribution in [0.3, 0.4) is 0 Å². The molecule has 1 unspecified atom stereocenters. The Labute approximate surface area is 114 Å². The van der Waals surface area contributed by atoms with Gasteiger partial charge in [0.2, 0.25) is 11.8 Å². The highest BCUT2D eigenvalue weighted by Crippen LogP contribution is 2.23. The number of aromatic nitrogens is 1. The molecule has 2 amide bonds. The lowest BCUT2D eigenvalue weighted by molar-refractivity contribution is -0.123. The summed E-state index contributed by atoms with van der Waals surface area (Å²) < 4.78 is 0. The molecule has 3 N–H and O–H groups in total. The van der Waals surface area contributed by atoms with Gasteiger partial charge in [0.1, 0.15) is 5.82 Å². The van der Waals surface area contributed by atoms with Crippen molar-refractivity contribution < 1.29 is 9.59 Å². The zero-order valence-electron chi connectivity index (χ0n) is 10.6. The van der Waals surface area contributed by atoms with Crippen LogP contribution in [0.2, 0.25) is 0 Å². The molecule has 0 saturated carbocycles. The van der Waals surface area contributed by atoms with Crippen LogP contribution in [0.15, 0.2) is 35.1 Å². The molecule has 1 fully saturated rings. The van der Waals surface area contributed by atoms with E-state index in [2.05, 4.69) is 4.98 Å². The predicted molar refractivity (Wildman–Crippen MR) is 74.2 cm³/mol. The van der Waals surface area contributed by atoms with Crippen molar-refractivity contribution in [1.29, 1.82) is 0 Å². The van der Waals surface area contributed by atoms with Crippen LogP contribution in [0.25, 0.3) is 10.9 Å². The van der Waals surface area contributed by atoms with E-state index in [-0.39, 0.29) is 24.3 Å². The molecule has 1 aliphatic heterocycles. The summed E-state index contributed by atoms with van der Waals surface area (Å²) in [4.78, 5) is 39.6. The standard InChI is InChI=1S/C14H13N3O3/c15-14(20)8-5-13(19)17(7-8)12-6-11(18)9-3-1-2-4-10(9)16-12/h1-4,6,8H,5,7H2,(H2,15,20)(H,16,18). The number of rotatable bonds is 2. The zero-order valence-corrected chi connectivity index (χ0v) is 10.6. The molecule has 1 aliphatic rings. The number of aromatic amines is 1. The topological polar surface area (TPSA) is 96.3 Å². The predicted octanol–water partition coefficient (Wildman–Crippen LogP) is 0.366. The van der Waals surface area contributed by atoms with Crippen LogP contribution in [0.4, 0.5) is 5.82 Å². The van der Waals surface area contributed by atoms with E-state index in [1.165, 1.54) is 11.0 Å². The Morgan fingerprint density at radius 3 is 2.75 bits per heavy atom. The van der Waals surface area contributed by atoms with Crippen LogP contribution < -0.4 is 16.1 Å². The third-order valence-corrected chi connectivity index (χ3v) is 3.54. The first-order chi connectivity index (χ1) is 9.56. The first-order valence-corrected chi connectivity index (χ1v) is 6.28. The molecule has 1 aromatic heterocycles. The first kappa shape index (κ1) is 12.4. The maximum Gasteiger partial charge on any atom is 0.228 e. The van der Waals surface area contributed by atoms with E-state index in [9.17, 15) is 14.4 Å². The third-order valence-electron chi connectivity index (χ3n) is 3.54. The van der Waals surface area contributed by atoms with Crippen molar-refractivity contribution in [2.75, 3.05) is 11.4 Å². The number of primary amides is 1. The number of anilines is 1. The number of nitrogens with one attached hydrogen (secondary N) is 1. The van der Waals surface area contributed by atoms with Gasteiger partial charge < -0.3 is 10.7 Å². The number of fused-ring (bicyclic) bond motifs is 1. The number of para-hydroxylation sites is 1. The summed E-state index contributed by atoms with van der Waals surface area (Å²) in [7, 11) is 0. The van der Waals surface area contributed by atoms with Crippen LogP contribution >= 0.6 is 0 Å². The lowest BCUT2D eigenvalue weighted by Gasteiger charge is -2.16. The molecule has 6 heteroatoms. The molecule has 3 rings (SSSR count). The van der Waals surface area contributed by atoms with Crippen LogP contribution in [0.5, 0.6) is 0 Å². The summed E-state index contributed by atoms with van der Waals surface area (Å²) in [6.45, 7) is 0.211. The minimum absolute atomic E-state index is 0.0875. The number of H-pyrrole nitrogens is 1. The van der Waals surface area contributed by atoms with Crippen LogP contribution in [-0.4, -0.2) is 23.3 Å². The van der Waals surface area contributed by atoms with E-state index in [1.54, 1.807) is 24.3 Å². The van der Waals surface area contributed by atoms with Gasteiger partial charge in [-0.1, -0.05) is 12.1 Å². The maximum atomic E-state index is 12.0. The van der Waals surface area contributed by atoms with Crippen molar-refractivity contribution in [2.45, 2.75) is 6.42 Å². The smallest absolute Gasteiger partial charge is 0.228 e. The first-order valence-electron chi connectivity index (χ1n) is 6.28. The summed E-state index contributed by atoms with van der Waals surface area (Å²) in [6.07, 6.45) is 0.0875. The highest BCUT2D eigenvalue weighted by Gasteiger charge is 2.34. The molecule has 6 nitrogen and oxygen atoms in total. The fourth-order valence-electron chi connectivity index (χ4n) is 2.46. The van der Waals surface area contributed by atoms with Gasteiger partial charge in [-0.2, -0.15) is 0 Å². The zero-order chi connectivity index (χ0) is 14.3. The molecule has 0 spiro atoms. The number of hydrogen-bond acceptors (Lipinski definition) is 3. The number of amides is 2. The summed E-state index contributed by atoms with van der Waals surface area (Å²) in [5.74, 6) is -0.802. The fourth-order valence-corrected chi connectivity index (χ4v) is 2.46. The lowest BCUT2D eigenvalue weighted by atomic mass is 10.1. The fraction of sp³-hybridized carbons (Fsp3) is 0.214. The number of nitrogens with two attached hydrogens (primary N) is 1. The second-order valence-corrected chi connectivity index (χ2v) is 4.87. The number of hydrogen-bond donors (Lipinski definition) is 2. The summed E-state index contributed by atoms with van der Waals surface area (Å²) in [6, 6.07) is 8.45. The van der Waals surface area contributed by atoms with E-state index in [0.717, 1.165) is 0 Å². The average Bonchev–Trinajstić information content (AvgIpc) is 2.81. The third kappa shape index (κ3) is 1.95. The highest BCUT2D eigenvalue weighted by atomic mass is 16.2.